The molecule has 4 heteroatoms. The van der Waals surface area contributed by atoms with E-state index in [1.54, 1.807) is 6.07 Å². The Kier molecular flexibility index (Phi) is 2.38. The highest BCUT2D eigenvalue weighted by Crippen LogP contribution is 2.43. The second kappa shape index (κ2) is 4.18. The first-order valence-electron chi connectivity index (χ1n) is 7.40. The maximum Gasteiger partial charge on any atom is 0.176 e. The number of halogens is 1. The predicted octanol–water partition coefficient (Wildman–Crippen LogP) is 4.02. The number of para-hydroxylation sites is 1. The molecule has 0 unspecified atom stereocenters. The van der Waals surface area contributed by atoms with Crippen molar-refractivity contribution in [2.24, 2.45) is 0 Å². The summed E-state index contributed by atoms with van der Waals surface area (Å²) in [5.41, 5.74) is 5.21. The molecule has 0 fully saturated rings. The molecular formula is C17H15FN2S. The summed E-state index contributed by atoms with van der Waals surface area (Å²) in [7, 11) is 0. The van der Waals surface area contributed by atoms with Crippen molar-refractivity contribution in [3.63, 3.8) is 0 Å². The molecule has 0 aliphatic carbocycles. The van der Waals surface area contributed by atoms with Crippen LogP contribution in [0.5, 0.6) is 0 Å². The normalized spacial score (nSPS) is 21.1. The maximum absolute atomic E-state index is 13.6. The lowest BCUT2D eigenvalue weighted by Crippen LogP contribution is -2.38. The minimum Gasteiger partial charge on any atom is -0.357 e. The van der Waals surface area contributed by atoms with Gasteiger partial charge in [-0.3, -0.25) is 4.90 Å². The number of H-pyrrole nitrogens is 1. The number of aromatic nitrogens is 1. The highest BCUT2D eigenvalue weighted by Gasteiger charge is 2.35. The quantitative estimate of drug-likeness (QED) is 0.664. The fourth-order valence-corrected chi connectivity index (χ4v) is 4.97. The van der Waals surface area contributed by atoms with Gasteiger partial charge in [-0.15, -0.1) is 11.3 Å². The largest absolute Gasteiger partial charge is 0.357 e. The molecule has 0 saturated carbocycles. The zero-order valence-electron chi connectivity index (χ0n) is 11.5. The molecule has 2 aliphatic rings. The highest BCUT2D eigenvalue weighted by atomic mass is 32.1. The molecule has 1 aromatic carbocycles. The van der Waals surface area contributed by atoms with Crippen molar-refractivity contribution in [2.75, 3.05) is 6.54 Å². The minimum atomic E-state index is -0.0356. The molecular weight excluding hydrogens is 283 g/mol. The lowest BCUT2D eigenvalue weighted by atomic mass is 9.90. The Morgan fingerprint density at radius 3 is 3.14 bits per heavy atom. The van der Waals surface area contributed by atoms with E-state index < -0.39 is 0 Å². The van der Waals surface area contributed by atoms with Crippen molar-refractivity contribution in [1.29, 1.82) is 0 Å². The molecule has 4 heterocycles. The van der Waals surface area contributed by atoms with Crippen LogP contribution in [0.4, 0.5) is 4.39 Å². The standard InChI is InChI=1S/C17H15FN2S/c18-16-7-10-5-6-20-9-14-12(8-15(20)17(10)21-16)11-3-1-2-4-13(11)19-14/h1-4,7,15,19H,5-6,8-9H2/t15-/m0/s1. The molecule has 0 radical (unpaired) electrons. The molecule has 2 aliphatic heterocycles. The molecule has 106 valence electrons. The highest BCUT2D eigenvalue weighted by molar-refractivity contribution is 7.10. The lowest BCUT2D eigenvalue weighted by Gasteiger charge is -2.38. The topological polar surface area (TPSA) is 19.0 Å². The van der Waals surface area contributed by atoms with Crippen LogP contribution in [0.1, 0.15) is 27.7 Å². The van der Waals surface area contributed by atoms with Gasteiger partial charge in [0.2, 0.25) is 0 Å². The van der Waals surface area contributed by atoms with Crippen molar-refractivity contribution in [1.82, 2.24) is 9.88 Å². The number of nitrogens with zero attached hydrogens (tertiary/aromatic N) is 1. The van der Waals surface area contributed by atoms with Gasteiger partial charge in [0.25, 0.3) is 0 Å². The summed E-state index contributed by atoms with van der Waals surface area (Å²) in [6, 6.07) is 10.6. The van der Waals surface area contributed by atoms with E-state index in [1.165, 1.54) is 43.9 Å². The molecule has 2 nitrogen and oxygen atoms in total. The zero-order chi connectivity index (χ0) is 14.0. The number of thiophene rings is 1. The van der Waals surface area contributed by atoms with Crippen LogP contribution in [-0.4, -0.2) is 16.4 Å². The van der Waals surface area contributed by atoms with Crippen molar-refractivity contribution >= 4 is 22.2 Å². The fourth-order valence-electron chi connectivity index (χ4n) is 3.90. The van der Waals surface area contributed by atoms with Crippen LogP contribution in [0, 0.1) is 5.13 Å². The van der Waals surface area contributed by atoms with Gasteiger partial charge >= 0.3 is 0 Å². The van der Waals surface area contributed by atoms with E-state index in [2.05, 4.69) is 34.1 Å². The molecule has 0 amide bonds. The summed E-state index contributed by atoms with van der Waals surface area (Å²) < 4.78 is 13.6. The number of nitrogens with one attached hydrogen (secondary N) is 1. The predicted molar refractivity (Wildman–Crippen MR) is 83.1 cm³/mol. The molecule has 1 N–H and O–H groups in total. The van der Waals surface area contributed by atoms with Gasteiger partial charge in [0.05, 0.1) is 0 Å². The van der Waals surface area contributed by atoms with Gasteiger partial charge in [0.1, 0.15) is 0 Å². The Morgan fingerprint density at radius 1 is 1.29 bits per heavy atom. The summed E-state index contributed by atoms with van der Waals surface area (Å²) in [6.45, 7) is 1.98. The number of aromatic amines is 1. The van der Waals surface area contributed by atoms with Crippen molar-refractivity contribution in [3.8, 4) is 0 Å². The zero-order valence-corrected chi connectivity index (χ0v) is 12.3. The van der Waals surface area contributed by atoms with Crippen molar-refractivity contribution in [2.45, 2.75) is 25.4 Å². The Bertz CT molecular complexity index is 848. The summed E-state index contributed by atoms with van der Waals surface area (Å²) in [5.74, 6) is 0. The first-order chi connectivity index (χ1) is 10.3. The van der Waals surface area contributed by atoms with Gasteiger partial charge in [-0.05, 0) is 36.1 Å². The number of hydrogen-bond donors (Lipinski definition) is 1. The molecule has 5 rings (SSSR count). The number of rotatable bonds is 0. The van der Waals surface area contributed by atoms with E-state index in [1.807, 2.05) is 0 Å². The van der Waals surface area contributed by atoms with E-state index in [0.717, 1.165) is 25.9 Å². The second-order valence-electron chi connectivity index (χ2n) is 6.01. The van der Waals surface area contributed by atoms with Gasteiger partial charge < -0.3 is 4.98 Å². The lowest BCUT2D eigenvalue weighted by molar-refractivity contribution is 0.163. The van der Waals surface area contributed by atoms with Crippen LogP contribution < -0.4 is 0 Å². The summed E-state index contributed by atoms with van der Waals surface area (Å²) in [5, 5.41) is 1.29. The van der Waals surface area contributed by atoms with Crippen molar-refractivity contribution < 1.29 is 4.39 Å². The van der Waals surface area contributed by atoms with E-state index in [-0.39, 0.29) is 5.13 Å². The van der Waals surface area contributed by atoms with Crippen LogP contribution in [-0.2, 0) is 19.4 Å². The van der Waals surface area contributed by atoms with Gasteiger partial charge in [0.15, 0.2) is 5.13 Å². The van der Waals surface area contributed by atoms with Crippen LogP contribution in [0.25, 0.3) is 10.9 Å². The SMILES string of the molecule is Fc1cc2c(s1)[C@@H]1Cc3c([nH]c4ccccc34)CN1CC2. The fraction of sp³-hybridized carbons (Fsp3) is 0.294. The monoisotopic (exact) mass is 298 g/mol. The third-order valence-corrected chi connectivity index (χ3v) is 5.95. The summed E-state index contributed by atoms with van der Waals surface area (Å²) in [4.78, 5) is 7.31. The van der Waals surface area contributed by atoms with Crippen LogP contribution in [0.2, 0.25) is 0 Å². The first-order valence-corrected chi connectivity index (χ1v) is 8.22. The van der Waals surface area contributed by atoms with Crippen LogP contribution in [0.15, 0.2) is 30.3 Å². The average molecular weight is 298 g/mol. The van der Waals surface area contributed by atoms with Gasteiger partial charge in [-0.1, -0.05) is 18.2 Å². The Balaban J connectivity index is 1.66. The average Bonchev–Trinajstić information content (AvgIpc) is 3.04. The third-order valence-electron chi connectivity index (χ3n) is 4.88. The number of hydrogen-bond acceptors (Lipinski definition) is 2. The molecule has 0 bridgehead atoms. The van der Waals surface area contributed by atoms with E-state index in [0.29, 0.717) is 6.04 Å². The van der Waals surface area contributed by atoms with E-state index in [9.17, 15) is 4.39 Å². The number of benzene rings is 1. The first kappa shape index (κ1) is 12.0. The van der Waals surface area contributed by atoms with Gasteiger partial charge in [0, 0.05) is 40.6 Å². The molecule has 1 atom stereocenters. The van der Waals surface area contributed by atoms with Crippen LogP contribution >= 0.6 is 11.3 Å². The molecule has 3 aromatic rings. The molecule has 0 saturated heterocycles. The second-order valence-corrected chi connectivity index (χ2v) is 7.04. The Morgan fingerprint density at radius 2 is 2.19 bits per heavy atom. The van der Waals surface area contributed by atoms with Crippen molar-refractivity contribution in [3.05, 3.63) is 57.2 Å². The summed E-state index contributed by atoms with van der Waals surface area (Å²) >= 11 is 1.34. The smallest absolute Gasteiger partial charge is 0.176 e. The van der Waals surface area contributed by atoms with E-state index >= 15 is 0 Å². The maximum atomic E-state index is 13.6. The van der Waals surface area contributed by atoms with Gasteiger partial charge in [-0.25, -0.2) is 0 Å². The van der Waals surface area contributed by atoms with E-state index in [4.69, 9.17) is 0 Å². The molecule has 21 heavy (non-hydrogen) atoms. The van der Waals surface area contributed by atoms with Crippen LogP contribution in [0.3, 0.4) is 0 Å². The Hall–Kier alpha value is -1.65. The summed E-state index contributed by atoms with van der Waals surface area (Å²) in [6.07, 6.45) is 1.97. The minimum absolute atomic E-state index is 0.0356. The number of fused-ring (bicyclic) bond motifs is 6. The Labute approximate surface area is 126 Å². The van der Waals surface area contributed by atoms with Gasteiger partial charge in [-0.2, -0.15) is 4.39 Å². The third kappa shape index (κ3) is 1.66. The molecule has 0 spiro atoms. The molecule has 2 aromatic heterocycles.